The Labute approximate surface area is 104 Å². The first-order valence-electron chi connectivity index (χ1n) is 5.71. The van der Waals surface area contributed by atoms with Crippen LogP contribution in [0.25, 0.3) is 10.9 Å². The van der Waals surface area contributed by atoms with E-state index in [2.05, 4.69) is 5.32 Å². The van der Waals surface area contributed by atoms with E-state index in [4.69, 9.17) is 4.74 Å². The van der Waals surface area contributed by atoms with Gasteiger partial charge in [0, 0.05) is 25.2 Å². The summed E-state index contributed by atoms with van der Waals surface area (Å²) in [5.41, 5.74) is 0.719. The fourth-order valence-corrected chi connectivity index (χ4v) is 1.83. The van der Waals surface area contributed by atoms with Gasteiger partial charge in [0.05, 0.1) is 12.1 Å². The van der Waals surface area contributed by atoms with Crippen LogP contribution in [0.2, 0.25) is 0 Å². The number of carbonyl (C=O) groups excluding carboxylic acids is 1. The number of hydrogen-bond donors (Lipinski definition) is 1. The maximum absolute atomic E-state index is 13.5. The molecule has 1 heterocycles. The van der Waals surface area contributed by atoms with Crippen LogP contribution in [0.4, 0.5) is 4.39 Å². The molecule has 0 radical (unpaired) electrons. The summed E-state index contributed by atoms with van der Waals surface area (Å²) >= 11 is 0. The lowest BCUT2D eigenvalue weighted by atomic mass is 10.2. The molecule has 0 spiro atoms. The van der Waals surface area contributed by atoms with E-state index in [1.807, 2.05) is 0 Å². The van der Waals surface area contributed by atoms with E-state index in [9.17, 15) is 9.18 Å². The van der Waals surface area contributed by atoms with Gasteiger partial charge in [-0.25, -0.2) is 4.39 Å². The number of fused-ring (bicyclic) bond motifs is 1. The fourth-order valence-electron chi connectivity index (χ4n) is 1.83. The molecule has 4 nitrogen and oxygen atoms in total. The van der Waals surface area contributed by atoms with E-state index >= 15 is 0 Å². The molecule has 0 fully saturated rings. The highest BCUT2D eigenvalue weighted by Gasteiger charge is 2.08. The van der Waals surface area contributed by atoms with Crippen LogP contribution < -0.4 is 5.32 Å². The van der Waals surface area contributed by atoms with Crippen molar-refractivity contribution in [2.45, 2.75) is 6.54 Å². The Kier molecular flexibility index (Phi) is 3.94. The van der Waals surface area contributed by atoms with Crippen molar-refractivity contribution in [3.05, 3.63) is 36.3 Å². The summed E-state index contributed by atoms with van der Waals surface area (Å²) in [6, 6.07) is 6.51. The van der Waals surface area contributed by atoms with Gasteiger partial charge in [-0.15, -0.1) is 0 Å². The van der Waals surface area contributed by atoms with Crippen LogP contribution in [0.15, 0.2) is 30.5 Å². The van der Waals surface area contributed by atoms with Gasteiger partial charge in [0.25, 0.3) is 0 Å². The van der Waals surface area contributed by atoms with E-state index in [-0.39, 0.29) is 18.3 Å². The third-order valence-electron chi connectivity index (χ3n) is 2.70. The number of halogens is 1. The number of methoxy groups -OCH3 is 1. The van der Waals surface area contributed by atoms with Gasteiger partial charge in [-0.2, -0.15) is 0 Å². The average molecular weight is 250 g/mol. The molecule has 0 saturated heterocycles. The second kappa shape index (κ2) is 5.64. The summed E-state index contributed by atoms with van der Waals surface area (Å²) < 4.78 is 20.0. The lowest BCUT2D eigenvalue weighted by Crippen LogP contribution is -2.30. The summed E-state index contributed by atoms with van der Waals surface area (Å²) in [5.74, 6) is -0.389. The van der Waals surface area contributed by atoms with Crippen molar-refractivity contribution >= 4 is 16.8 Å². The molecule has 0 aliphatic heterocycles. The number of hydrogen-bond acceptors (Lipinski definition) is 2. The van der Waals surface area contributed by atoms with Crippen LogP contribution in [0, 0.1) is 5.82 Å². The summed E-state index contributed by atoms with van der Waals surface area (Å²) in [5, 5.41) is 3.25. The zero-order chi connectivity index (χ0) is 13.0. The third kappa shape index (κ3) is 2.68. The van der Waals surface area contributed by atoms with Crippen LogP contribution in [0.5, 0.6) is 0 Å². The molecule has 1 amide bonds. The molecule has 1 N–H and O–H groups in total. The van der Waals surface area contributed by atoms with Crippen molar-refractivity contribution < 1.29 is 13.9 Å². The Hall–Kier alpha value is -1.88. The van der Waals surface area contributed by atoms with Crippen molar-refractivity contribution in [3.8, 4) is 0 Å². The van der Waals surface area contributed by atoms with Crippen LogP contribution in [0.3, 0.4) is 0 Å². The largest absolute Gasteiger partial charge is 0.383 e. The van der Waals surface area contributed by atoms with Gasteiger partial charge in [-0.05, 0) is 18.2 Å². The molecule has 2 rings (SSSR count). The fraction of sp³-hybridized carbons (Fsp3) is 0.308. The molecule has 18 heavy (non-hydrogen) atoms. The van der Waals surface area contributed by atoms with Crippen molar-refractivity contribution in [3.63, 3.8) is 0 Å². The summed E-state index contributed by atoms with van der Waals surface area (Å²) in [6.45, 7) is 1.13. The van der Waals surface area contributed by atoms with Gasteiger partial charge in [0.1, 0.15) is 12.4 Å². The monoisotopic (exact) mass is 250 g/mol. The Morgan fingerprint density at radius 3 is 3.06 bits per heavy atom. The van der Waals surface area contributed by atoms with Gasteiger partial charge in [-0.1, -0.05) is 6.07 Å². The van der Waals surface area contributed by atoms with E-state index in [1.54, 1.807) is 36.1 Å². The first-order valence-corrected chi connectivity index (χ1v) is 5.71. The summed E-state index contributed by atoms with van der Waals surface area (Å²) in [7, 11) is 1.58. The second-order valence-electron chi connectivity index (χ2n) is 3.96. The molecule has 2 aromatic rings. The minimum atomic E-state index is -0.272. The SMILES string of the molecule is COCCNC(=O)Cn1ccc2c(F)cccc21. The van der Waals surface area contributed by atoms with Crippen molar-refractivity contribution in [2.75, 3.05) is 20.3 Å². The summed E-state index contributed by atoms with van der Waals surface area (Å²) in [4.78, 5) is 11.6. The first kappa shape index (κ1) is 12.6. The Morgan fingerprint density at radius 2 is 2.28 bits per heavy atom. The van der Waals surface area contributed by atoms with Crippen molar-refractivity contribution in [1.29, 1.82) is 0 Å². The molecule has 96 valence electrons. The van der Waals surface area contributed by atoms with E-state index < -0.39 is 0 Å². The van der Waals surface area contributed by atoms with Gasteiger partial charge < -0.3 is 14.6 Å². The highest BCUT2D eigenvalue weighted by Crippen LogP contribution is 2.18. The van der Waals surface area contributed by atoms with Crippen LogP contribution in [-0.2, 0) is 16.1 Å². The highest BCUT2D eigenvalue weighted by molar-refractivity contribution is 5.83. The zero-order valence-corrected chi connectivity index (χ0v) is 10.1. The van der Waals surface area contributed by atoms with Crippen LogP contribution >= 0.6 is 0 Å². The second-order valence-corrected chi connectivity index (χ2v) is 3.96. The molecule has 0 aliphatic rings. The number of carbonyl (C=O) groups is 1. The molecule has 5 heteroatoms. The number of amides is 1. The number of benzene rings is 1. The van der Waals surface area contributed by atoms with E-state index in [0.717, 1.165) is 5.52 Å². The Bertz CT molecular complexity index is 551. The third-order valence-corrected chi connectivity index (χ3v) is 2.70. The van der Waals surface area contributed by atoms with Gasteiger partial charge in [0.2, 0.25) is 5.91 Å². The molecule has 0 bridgehead atoms. The standard InChI is InChI=1S/C13H15FN2O2/c1-18-8-6-15-13(17)9-16-7-5-10-11(14)3-2-4-12(10)16/h2-5,7H,6,8-9H2,1H3,(H,15,17). The topological polar surface area (TPSA) is 43.3 Å². The first-order chi connectivity index (χ1) is 8.72. The van der Waals surface area contributed by atoms with Gasteiger partial charge in [-0.3, -0.25) is 4.79 Å². The minimum Gasteiger partial charge on any atom is -0.383 e. The highest BCUT2D eigenvalue weighted by atomic mass is 19.1. The molecule has 0 unspecified atom stereocenters. The number of nitrogens with one attached hydrogen (secondary N) is 1. The van der Waals surface area contributed by atoms with Crippen LogP contribution in [0.1, 0.15) is 0 Å². The van der Waals surface area contributed by atoms with E-state index in [0.29, 0.717) is 18.5 Å². The van der Waals surface area contributed by atoms with Gasteiger partial charge >= 0.3 is 0 Å². The molecule has 0 atom stereocenters. The smallest absolute Gasteiger partial charge is 0.240 e. The quantitative estimate of drug-likeness (QED) is 0.818. The molecule has 0 saturated carbocycles. The maximum Gasteiger partial charge on any atom is 0.240 e. The van der Waals surface area contributed by atoms with Gasteiger partial charge in [0.15, 0.2) is 0 Å². The molecular formula is C13H15FN2O2. The lowest BCUT2D eigenvalue weighted by molar-refractivity contribution is -0.121. The number of rotatable bonds is 5. The average Bonchev–Trinajstić information content (AvgIpc) is 2.74. The van der Waals surface area contributed by atoms with E-state index in [1.165, 1.54) is 6.07 Å². The Balaban J connectivity index is 2.08. The molecule has 1 aromatic heterocycles. The number of nitrogens with zero attached hydrogens (tertiary/aromatic N) is 1. The predicted molar refractivity (Wildman–Crippen MR) is 66.8 cm³/mol. The molecule has 1 aromatic carbocycles. The number of ether oxygens (including phenoxy) is 1. The maximum atomic E-state index is 13.5. The minimum absolute atomic E-state index is 0.117. The normalized spacial score (nSPS) is 10.8. The molecule has 0 aliphatic carbocycles. The summed E-state index contributed by atoms with van der Waals surface area (Å²) in [6.07, 6.45) is 1.71. The zero-order valence-electron chi connectivity index (χ0n) is 10.1. The van der Waals surface area contributed by atoms with Crippen molar-refractivity contribution in [1.82, 2.24) is 9.88 Å². The Morgan fingerprint density at radius 1 is 1.44 bits per heavy atom. The molecular weight excluding hydrogens is 235 g/mol. The van der Waals surface area contributed by atoms with Crippen LogP contribution in [-0.4, -0.2) is 30.7 Å². The number of aromatic nitrogens is 1. The lowest BCUT2D eigenvalue weighted by Gasteiger charge is -2.07. The van der Waals surface area contributed by atoms with Crippen molar-refractivity contribution in [2.24, 2.45) is 0 Å². The predicted octanol–water partition coefficient (Wildman–Crippen LogP) is 1.54.